The summed E-state index contributed by atoms with van der Waals surface area (Å²) in [5.74, 6) is 0.349. The van der Waals surface area contributed by atoms with Crippen molar-refractivity contribution >= 4 is 17.7 Å². The molecule has 1 aromatic rings. The molecule has 1 heterocycles. The van der Waals surface area contributed by atoms with E-state index in [-0.39, 0.29) is 30.2 Å². The van der Waals surface area contributed by atoms with Gasteiger partial charge in [-0.2, -0.15) is 0 Å². The summed E-state index contributed by atoms with van der Waals surface area (Å²) in [5.41, 5.74) is 0. The van der Waals surface area contributed by atoms with Crippen molar-refractivity contribution in [3.8, 4) is 5.75 Å². The first kappa shape index (κ1) is 19.8. The Bertz CT molecular complexity index is 598. The maximum Gasteiger partial charge on any atom is 0.239 e. The van der Waals surface area contributed by atoms with E-state index < -0.39 is 0 Å². The van der Waals surface area contributed by atoms with Crippen LogP contribution in [0.1, 0.15) is 26.2 Å². The highest BCUT2D eigenvalue weighted by molar-refractivity contribution is 5.86. The Labute approximate surface area is 154 Å². The molecule has 1 aliphatic heterocycles. The first-order valence-electron chi connectivity index (χ1n) is 9.10. The Morgan fingerprint density at radius 3 is 2.46 bits per heavy atom. The van der Waals surface area contributed by atoms with Gasteiger partial charge in [0.15, 0.2) is 0 Å². The molecule has 1 saturated heterocycles. The summed E-state index contributed by atoms with van der Waals surface area (Å²) >= 11 is 0. The van der Waals surface area contributed by atoms with Gasteiger partial charge < -0.3 is 20.3 Å². The summed E-state index contributed by atoms with van der Waals surface area (Å²) in [4.78, 5) is 37.5. The van der Waals surface area contributed by atoms with Gasteiger partial charge in [0.25, 0.3) is 0 Å². The number of piperidine rings is 1. The second-order valence-corrected chi connectivity index (χ2v) is 6.24. The van der Waals surface area contributed by atoms with E-state index in [9.17, 15) is 14.4 Å². The number of likely N-dealkylation sites (N-methyl/N-ethyl adjacent to an activating group) is 1. The molecule has 2 rings (SSSR count). The molecule has 1 aromatic carbocycles. The number of rotatable bonds is 8. The molecule has 0 radical (unpaired) electrons. The molecule has 0 aliphatic carbocycles. The van der Waals surface area contributed by atoms with Crippen LogP contribution in [0.15, 0.2) is 30.3 Å². The predicted molar refractivity (Wildman–Crippen MR) is 97.6 cm³/mol. The van der Waals surface area contributed by atoms with Gasteiger partial charge in [0.05, 0.1) is 19.6 Å². The Morgan fingerprint density at radius 1 is 1.12 bits per heavy atom. The van der Waals surface area contributed by atoms with Crippen LogP contribution in [-0.4, -0.2) is 55.4 Å². The molecule has 7 heteroatoms. The molecular formula is C19H27N3O4. The molecule has 1 aliphatic rings. The molecule has 0 aromatic heterocycles. The van der Waals surface area contributed by atoms with Gasteiger partial charge in [-0.3, -0.25) is 14.4 Å². The lowest BCUT2D eigenvalue weighted by molar-refractivity contribution is -0.136. The van der Waals surface area contributed by atoms with Gasteiger partial charge in [-0.25, -0.2) is 0 Å². The third kappa shape index (κ3) is 6.38. The fourth-order valence-corrected chi connectivity index (χ4v) is 2.89. The number of amides is 3. The number of para-hydroxylation sites is 1. The number of carbonyl (C=O) groups excluding carboxylic acids is 3. The van der Waals surface area contributed by atoms with Crippen LogP contribution in [0.25, 0.3) is 0 Å². The number of hydrogen-bond donors (Lipinski definition) is 2. The number of hydrogen-bond acceptors (Lipinski definition) is 4. The zero-order valence-electron chi connectivity index (χ0n) is 15.2. The van der Waals surface area contributed by atoms with Crippen molar-refractivity contribution in [1.29, 1.82) is 0 Å². The highest BCUT2D eigenvalue weighted by atomic mass is 16.5. The number of nitrogens with one attached hydrogen (secondary N) is 2. The van der Waals surface area contributed by atoms with Gasteiger partial charge in [-0.1, -0.05) is 18.2 Å². The minimum atomic E-state index is -0.188. The summed E-state index contributed by atoms with van der Waals surface area (Å²) in [6.07, 6.45) is 1.56. The largest absolute Gasteiger partial charge is 0.493 e. The van der Waals surface area contributed by atoms with Crippen LogP contribution in [0.3, 0.4) is 0 Å². The summed E-state index contributed by atoms with van der Waals surface area (Å²) in [5, 5.41) is 5.30. The van der Waals surface area contributed by atoms with Crippen LogP contribution in [0.4, 0.5) is 0 Å². The molecule has 1 fully saturated rings. The van der Waals surface area contributed by atoms with Crippen LogP contribution in [0.2, 0.25) is 0 Å². The molecule has 0 unspecified atom stereocenters. The molecule has 2 N–H and O–H groups in total. The highest BCUT2D eigenvalue weighted by Crippen LogP contribution is 2.18. The molecule has 142 valence electrons. The SMILES string of the molecule is CCNC(=O)CNC(=O)C1CCN(C(=O)CCOc2ccccc2)CC1. The average molecular weight is 361 g/mol. The highest BCUT2D eigenvalue weighted by Gasteiger charge is 2.27. The third-order valence-corrected chi connectivity index (χ3v) is 4.34. The quantitative estimate of drug-likeness (QED) is 0.722. The molecule has 0 atom stereocenters. The van der Waals surface area contributed by atoms with E-state index in [2.05, 4.69) is 10.6 Å². The predicted octanol–water partition coefficient (Wildman–Crippen LogP) is 0.946. The van der Waals surface area contributed by atoms with Crippen molar-refractivity contribution in [2.24, 2.45) is 5.92 Å². The Morgan fingerprint density at radius 2 is 1.81 bits per heavy atom. The van der Waals surface area contributed by atoms with Crippen molar-refractivity contribution in [2.45, 2.75) is 26.2 Å². The Balaban J connectivity index is 1.64. The van der Waals surface area contributed by atoms with Crippen LogP contribution < -0.4 is 15.4 Å². The maximum atomic E-state index is 12.2. The molecule has 3 amide bonds. The lowest BCUT2D eigenvalue weighted by Crippen LogP contribution is -2.45. The molecular weight excluding hydrogens is 334 g/mol. The molecule has 0 saturated carbocycles. The average Bonchev–Trinajstić information content (AvgIpc) is 2.67. The lowest BCUT2D eigenvalue weighted by atomic mass is 9.95. The fourth-order valence-electron chi connectivity index (χ4n) is 2.89. The maximum absolute atomic E-state index is 12.2. The number of nitrogens with zero attached hydrogens (tertiary/aromatic N) is 1. The summed E-state index contributed by atoms with van der Waals surface area (Å²) in [6.45, 7) is 3.84. The molecule has 0 spiro atoms. The molecule has 0 bridgehead atoms. The first-order valence-corrected chi connectivity index (χ1v) is 9.10. The topological polar surface area (TPSA) is 87.7 Å². The molecule has 26 heavy (non-hydrogen) atoms. The van der Waals surface area contributed by atoms with E-state index in [0.29, 0.717) is 45.5 Å². The standard InChI is InChI=1S/C19H27N3O4/c1-2-20-17(23)14-21-19(25)15-8-11-22(12-9-15)18(24)10-13-26-16-6-4-3-5-7-16/h3-7,15H,2,8-14H2,1H3,(H,20,23)(H,21,25). The molecule has 7 nitrogen and oxygen atoms in total. The normalized spacial score (nSPS) is 14.6. The van der Waals surface area contributed by atoms with Crippen LogP contribution in [0.5, 0.6) is 5.75 Å². The van der Waals surface area contributed by atoms with E-state index in [1.807, 2.05) is 37.3 Å². The second-order valence-electron chi connectivity index (χ2n) is 6.24. The first-order chi connectivity index (χ1) is 12.6. The number of carbonyl (C=O) groups is 3. The van der Waals surface area contributed by atoms with Gasteiger partial charge >= 0.3 is 0 Å². The minimum absolute atomic E-state index is 0.00262. The van der Waals surface area contributed by atoms with Crippen molar-refractivity contribution in [3.05, 3.63) is 30.3 Å². The van der Waals surface area contributed by atoms with Crippen molar-refractivity contribution in [2.75, 3.05) is 32.8 Å². The van der Waals surface area contributed by atoms with Gasteiger partial charge in [0, 0.05) is 25.6 Å². The van der Waals surface area contributed by atoms with E-state index in [1.165, 1.54) is 0 Å². The smallest absolute Gasteiger partial charge is 0.239 e. The minimum Gasteiger partial charge on any atom is -0.493 e. The second kappa shape index (κ2) is 10.4. The Kier molecular flexibility index (Phi) is 7.92. The van der Waals surface area contributed by atoms with Crippen molar-refractivity contribution in [1.82, 2.24) is 15.5 Å². The monoisotopic (exact) mass is 361 g/mol. The third-order valence-electron chi connectivity index (χ3n) is 4.34. The van der Waals surface area contributed by atoms with Crippen LogP contribution >= 0.6 is 0 Å². The van der Waals surface area contributed by atoms with E-state index in [4.69, 9.17) is 4.74 Å². The fraction of sp³-hybridized carbons (Fsp3) is 0.526. The summed E-state index contributed by atoms with van der Waals surface area (Å²) < 4.78 is 5.55. The van der Waals surface area contributed by atoms with E-state index in [0.717, 1.165) is 5.75 Å². The van der Waals surface area contributed by atoms with E-state index >= 15 is 0 Å². The summed E-state index contributed by atoms with van der Waals surface area (Å²) in [6, 6.07) is 9.40. The van der Waals surface area contributed by atoms with Gasteiger partial charge in [-0.15, -0.1) is 0 Å². The number of ether oxygens (including phenoxy) is 1. The zero-order valence-corrected chi connectivity index (χ0v) is 15.2. The van der Waals surface area contributed by atoms with Crippen molar-refractivity contribution in [3.63, 3.8) is 0 Å². The van der Waals surface area contributed by atoms with Gasteiger partial charge in [-0.05, 0) is 31.9 Å². The lowest BCUT2D eigenvalue weighted by Gasteiger charge is -2.31. The Hall–Kier alpha value is -2.57. The zero-order chi connectivity index (χ0) is 18.8. The number of likely N-dealkylation sites (tertiary alicyclic amines) is 1. The summed E-state index contributed by atoms with van der Waals surface area (Å²) in [7, 11) is 0. The van der Waals surface area contributed by atoms with Crippen molar-refractivity contribution < 1.29 is 19.1 Å². The van der Waals surface area contributed by atoms with Gasteiger partial charge in [0.2, 0.25) is 17.7 Å². The number of benzene rings is 1. The van der Waals surface area contributed by atoms with Crippen LogP contribution in [0, 0.1) is 5.92 Å². The van der Waals surface area contributed by atoms with E-state index in [1.54, 1.807) is 4.90 Å². The van der Waals surface area contributed by atoms with Crippen LogP contribution in [-0.2, 0) is 14.4 Å². The van der Waals surface area contributed by atoms with Gasteiger partial charge in [0.1, 0.15) is 5.75 Å².